The van der Waals surface area contributed by atoms with Crippen molar-refractivity contribution >= 4 is 39.1 Å². The van der Waals surface area contributed by atoms with Crippen molar-refractivity contribution in [1.82, 2.24) is 10.2 Å². The Bertz CT molecular complexity index is 807. The lowest BCUT2D eigenvalue weighted by Gasteiger charge is -2.23. The first-order valence-electron chi connectivity index (χ1n) is 7.56. The van der Waals surface area contributed by atoms with Gasteiger partial charge in [-0.3, -0.25) is 9.59 Å². The number of nitrogens with zero attached hydrogens (tertiary/aromatic N) is 1. The Balaban J connectivity index is 2.04. The van der Waals surface area contributed by atoms with E-state index >= 15 is 0 Å². The van der Waals surface area contributed by atoms with E-state index in [4.69, 9.17) is 0 Å². The highest BCUT2D eigenvalue weighted by molar-refractivity contribution is 9.11. The first-order valence-corrected chi connectivity index (χ1v) is 9.17. The third kappa shape index (κ3) is 5.07. The molecule has 0 spiro atoms. The lowest BCUT2D eigenvalue weighted by molar-refractivity contribution is -0.139. The van der Waals surface area contributed by atoms with Crippen molar-refractivity contribution in [1.29, 1.82) is 0 Å². The molecule has 2 rings (SSSR count). The van der Waals surface area contributed by atoms with Crippen molar-refractivity contribution < 1.29 is 22.8 Å². The second-order valence-corrected chi connectivity index (χ2v) is 8.11. The molecule has 1 aromatic heterocycles. The van der Waals surface area contributed by atoms with E-state index in [-0.39, 0.29) is 12.1 Å². The second-order valence-electron chi connectivity index (χ2n) is 5.65. The Morgan fingerprint density at radius 3 is 2.46 bits per heavy atom. The highest BCUT2D eigenvalue weighted by atomic mass is 79.9. The maximum Gasteiger partial charge on any atom is 0.416 e. The van der Waals surface area contributed by atoms with E-state index in [0.717, 1.165) is 9.85 Å². The summed E-state index contributed by atoms with van der Waals surface area (Å²) in [5, 5.41) is 2.56. The van der Waals surface area contributed by atoms with Gasteiger partial charge in [0, 0.05) is 13.6 Å². The molecular formula is C17H16BrF3N2O2S. The molecule has 0 fully saturated rings. The lowest BCUT2D eigenvalue weighted by Crippen LogP contribution is -2.45. The number of nitrogens with one attached hydrogen (secondary N) is 1. The van der Waals surface area contributed by atoms with E-state index in [0.29, 0.717) is 4.88 Å². The average Bonchev–Trinajstić information content (AvgIpc) is 3.00. The van der Waals surface area contributed by atoms with Gasteiger partial charge in [-0.2, -0.15) is 13.2 Å². The molecule has 9 heteroatoms. The SMILES string of the molecule is C[C@H](NC(=O)c1ccc(Br)s1)C(=O)N(C)Cc1ccccc1C(F)(F)F. The highest BCUT2D eigenvalue weighted by Crippen LogP contribution is 2.32. The van der Waals surface area contributed by atoms with Crippen molar-refractivity contribution in [2.24, 2.45) is 0 Å². The van der Waals surface area contributed by atoms with E-state index in [2.05, 4.69) is 21.2 Å². The van der Waals surface area contributed by atoms with Gasteiger partial charge < -0.3 is 10.2 Å². The maximum atomic E-state index is 13.1. The standard InChI is InChI=1S/C17H16BrF3N2O2S/c1-10(22-15(24)13-7-8-14(18)26-13)16(25)23(2)9-11-5-3-4-6-12(11)17(19,20)21/h3-8,10H,9H2,1-2H3,(H,22,24)/t10-/m0/s1. The molecule has 1 heterocycles. The Hall–Kier alpha value is -1.87. The zero-order chi connectivity index (χ0) is 19.5. The number of hydrogen-bond acceptors (Lipinski definition) is 3. The van der Waals surface area contributed by atoms with Crippen LogP contribution in [0, 0.1) is 0 Å². The van der Waals surface area contributed by atoms with E-state index in [1.807, 2.05) is 0 Å². The number of carbonyl (C=O) groups is 2. The molecule has 2 aromatic rings. The summed E-state index contributed by atoms with van der Waals surface area (Å²) in [5.41, 5.74) is -0.781. The Morgan fingerprint density at radius 1 is 1.23 bits per heavy atom. The number of thiophene rings is 1. The number of alkyl halides is 3. The second kappa shape index (κ2) is 8.22. The molecule has 140 valence electrons. The Labute approximate surface area is 161 Å². The van der Waals surface area contributed by atoms with Gasteiger partial charge in [0.15, 0.2) is 0 Å². The van der Waals surface area contributed by atoms with Gasteiger partial charge in [-0.05, 0) is 46.6 Å². The van der Waals surface area contributed by atoms with Gasteiger partial charge >= 0.3 is 6.18 Å². The zero-order valence-electron chi connectivity index (χ0n) is 13.9. The van der Waals surface area contributed by atoms with Crippen LogP contribution in [0.5, 0.6) is 0 Å². The maximum absolute atomic E-state index is 13.1. The predicted octanol–water partition coefficient (Wildman–Crippen LogP) is 4.31. The van der Waals surface area contributed by atoms with Gasteiger partial charge in [0.25, 0.3) is 5.91 Å². The monoisotopic (exact) mass is 448 g/mol. The third-order valence-corrected chi connectivity index (χ3v) is 5.24. The van der Waals surface area contributed by atoms with Gasteiger partial charge in [0.05, 0.1) is 14.2 Å². The molecule has 1 atom stereocenters. The quantitative estimate of drug-likeness (QED) is 0.740. The van der Waals surface area contributed by atoms with Crippen LogP contribution in [0.3, 0.4) is 0 Å². The van der Waals surface area contributed by atoms with Crippen molar-refractivity contribution in [2.75, 3.05) is 7.05 Å². The van der Waals surface area contributed by atoms with Crippen LogP contribution in [0.2, 0.25) is 0 Å². The minimum Gasteiger partial charge on any atom is -0.340 e. The first kappa shape index (κ1) is 20.4. The molecule has 0 aliphatic heterocycles. The number of hydrogen-bond donors (Lipinski definition) is 1. The van der Waals surface area contributed by atoms with Crippen LogP contribution >= 0.6 is 27.3 Å². The Morgan fingerprint density at radius 2 is 1.88 bits per heavy atom. The highest BCUT2D eigenvalue weighted by Gasteiger charge is 2.33. The van der Waals surface area contributed by atoms with E-state index in [9.17, 15) is 22.8 Å². The van der Waals surface area contributed by atoms with Crippen LogP contribution in [0.1, 0.15) is 27.7 Å². The summed E-state index contributed by atoms with van der Waals surface area (Å²) in [6, 6.07) is 7.56. The number of carbonyl (C=O) groups excluding carboxylic acids is 2. The van der Waals surface area contributed by atoms with Crippen molar-refractivity contribution in [3.8, 4) is 0 Å². The van der Waals surface area contributed by atoms with Crippen molar-refractivity contribution in [2.45, 2.75) is 25.7 Å². The summed E-state index contributed by atoms with van der Waals surface area (Å²) < 4.78 is 40.0. The number of likely N-dealkylation sites (N-methyl/N-ethyl adjacent to an activating group) is 1. The van der Waals surface area contributed by atoms with Crippen LogP contribution in [0.15, 0.2) is 40.2 Å². The lowest BCUT2D eigenvalue weighted by atomic mass is 10.1. The smallest absolute Gasteiger partial charge is 0.340 e. The van der Waals surface area contributed by atoms with Gasteiger partial charge in [-0.15, -0.1) is 11.3 Å². The van der Waals surface area contributed by atoms with Crippen LogP contribution in [0.25, 0.3) is 0 Å². The van der Waals surface area contributed by atoms with Gasteiger partial charge in [0.1, 0.15) is 6.04 Å². The van der Waals surface area contributed by atoms with E-state index in [1.165, 1.54) is 48.4 Å². The molecule has 0 aliphatic rings. The fourth-order valence-corrected chi connectivity index (χ4v) is 3.65. The normalized spacial score (nSPS) is 12.5. The molecule has 26 heavy (non-hydrogen) atoms. The molecule has 1 aromatic carbocycles. The summed E-state index contributed by atoms with van der Waals surface area (Å²) in [7, 11) is 1.40. The first-order chi connectivity index (χ1) is 12.1. The minimum atomic E-state index is -4.49. The molecule has 0 aliphatic carbocycles. The Kier molecular flexibility index (Phi) is 6.46. The van der Waals surface area contributed by atoms with Crippen molar-refractivity contribution in [3.05, 3.63) is 56.2 Å². The minimum absolute atomic E-state index is 0.00318. The number of benzene rings is 1. The van der Waals surface area contributed by atoms with Crippen molar-refractivity contribution in [3.63, 3.8) is 0 Å². The average molecular weight is 449 g/mol. The number of amides is 2. The van der Waals surface area contributed by atoms with Crippen LogP contribution in [-0.2, 0) is 17.5 Å². The number of halogens is 4. The van der Waals surface area contributed by atoms with Crippen LogP contribution < -0.4 is 5.32 Å². The van der Waals surface area contributed by atoms with Gasteiger partial charge in [-0.1, -0.05) is 18.2 Å². The van der Waals surface area contributed by atoms with Gasteiger partial charge in [0.2, 0.25) is 5.91 Å². The zero-order valence-corrected chi connectivity index (χ0v) is 16.3. The largest absolute Gasteiger partial charge is 0.416 e. The fourth-order valence-electron chi connectivity index (χ4n) is 2.36. The summed E-state index contributed by atoms with van der Waals surface area (Å²) in [5.74, 6) is -0.892. The summed E-state index contributed by atoms with van der Waals surface area (Å²) >= 11 is 4.47. The molecule has 0 radical (unpaired) electrons. The molecule has 0 unspecified atom stereocenters. The summed E-state index contributed by atoms with van der Waals surface area (Å²) in [4.78, 5) is 26.1. The molecule has 0 saturated heterocycles. The van der Waals surface area contributed by atoms with Crippen LogP contribution in [0.4, 0.5) is 13.2 Å². The van der Waals surface area contributed by atoms with Crippen LogP contribution in [-0.4, -0.2) is 29.8 Å². The molecule has 0 bridgehead atoms. The summed E-state index contributed by atoms with van der Waals surface area (Å²) in [6.45, 7) is 1.29. The molecule has 2 amide bonds. The van der Waals surface area contributed by atoms with Gasteiger partial charge in [-0.25, -0.2) is 0 Å². The molecule has 0 saturated carbocycles. The third-order valence-electron chi connectivity index (χ3n) is 3.62. The van der Waals surface area contributed by atoms with E-state index < -0.39 is 29.6 Å². The molecule has 4 nitrogen and oxygen atoms in total. The topological polar surface area (TPSA) is 49.4 Å². The number of rotatable bonds is 5. The predicted molar refractivity (Wildman–Crippen MR) is 96.9 cm³/mol. The summed E-state index contributed by atoms with van der Waals surface area (Å²) in [6.07, 6.45) is -4.49. The fraction of sp³-hybridized carbons (Fsp3) is 0.294. The molecular weight excluding hydrogens is 433 g/mol. The molecule has 1 N–H and O–H groups in total. The van der Waals surface area contributed by atoms with E-state index in [1.54, 1.807) is 12.1 Å².